The molecule has 158 valence electrons. The zero-order valence-corrected chi connectivity index (χ0v) is 17.8. The summed E-state index contributed by atoms with van der Waals surface area (Å²) in [4.78, 5) is 9.01. The van der Waals surface area contributed by atoms with Crippen LogP contribution in [0.1, 0.15) is 58.3 Å². The summed E-state index contributed by atoms with van der Waals surface area (Å²) < 4.78 is 13.6. The lowest BCUT2D eigenvalue weighted by atomic mass is 10.2. The molecule has 0 amide bonds. The topological polar surface area (TPSA) is 49.2 Å². The Hall–Kier alpha value is -1.98. The van der Waals surface area contributed by atoms with E-state index in [2.05, 4.69) is 39.7 Å². The first kappa shape index (κ1) is 21.7. The fourth-order valence-corrected chi connectivity index (χ4v) is 3.63. The van der Waals surface area contributed by atoms with Crippen LogP contribution in [0.4, 0.5) is 0 Å². The lowest BCUT2D eigenvalue weighted by molar-refractivity contribution is 0.0795. The van der Waals surface area contributed by atoms with Crippen LogP contribution in [0.5, 0.6) is 0 Å². The Morgan fingerprint density at radius 3 is 2.28 bits per heavy atom. The van der Waals surface area contributed by atoms with Crippen molar-refractivity contribution in [2.24, 2.45) is 0 Å². The number of hydrogen-bond acceptors (Lipinski definition) is 4. The summed E-state index contributed by atoms with van der Waals surface area (Å²) in [6.45, 7) is 6.58. The summed E-state index contributed by atoms with van der Waals surface area (Å²) in [5.74, 6) is 0. The quantitative estimate of drug-likeness (QED) is 0.306. The van der Waals surface area contributed by atoms with Crippen molar-refractivity contribution in [2.45, 2.75) is 64.8 Å². The molecular formula is C24H35N3O2. The lowest BCUT2D eigenvalue weighted by Crippen LogP contribution is -2.03. The van der Waals surface area contributed by atoms with Crippen LogP contribution in [0, 0.1) is 0 Å². The normalized spacial score (nSPS) is 11.6. The molecule has 0 saturated heterocycles. The van der Waals surface area contributed by atoms with Gasteiger partial charge in [-0.1, -0.05) is 44.4 Å². The van der Waals surface area contributed by atoms with E-state index in [-0.39, 0.29) is 0 Å². The Kier molecular flexibility index (Phi) is 9.40. The Morgan fingerprint density at radius 2 is 1.48 bits per heavy atom. The predicted molar refractivity (Wildman–Crippen MR) is 119 cm³/mol. The predicted octanol–water partition coefficient (Wildman–Crippen LogP) is 5.76. The third-order valence-corrected chi connectivity index (χ3v) is 5.26. The van der Waals surface area contributed by atoms with Crippen LogP contribution in [0.2, 0.25) is 0 Å². The van der Waals surface area contributed by atoms with Gasteiger partial charge in [-0.05, 0) is 38.2 Å². The van der Waals surface area contributed by atoms with Crippen molar-refractivity contribution in [2.75, 3.05) is 26.4 Å². The van der Waals surface area contributed by atoms with E-state index in [4.69, 9.17) is 9.47 Å². The highest BCUT2D eigenvalue weighted by Gasteiger charge is 2.07. The highest BCUT2D eigenvalue weighted by atomic mass is 16.5. The van der Waals surface area contributed by atoms with Gasteiger partial charge >= 0.3 is 0 Å². The molecule has 0 saturated carbocycles. The number of benzene rings is 1. The molecule has 0 aliphatic carbocycles. The second kappa shape index (κ2) is 12.6. The largest absolute Gasteiger partial charge is 0.381 e. The summed E-state index contributed by atoms with van der Waals surface area (Å²) in [7, 11) is 0. The third kappa shape index (κ3) is 6.79. The zero-order valence-electron chi connectivity index (χ0n) is 17.8. The standard InChI is InChI=1S/C24H35N3O2/c1-2-3-4-9-15-28-17-11-18-29-16-10-5-8-14-27-20-26-23-19-25-22-13-7-6-12-21(22)24(23)27/h6-7,12-13,19-20H,2-5,8-11,14-18H2,1H3. The zero-order chi connectivity index (χ0) is 20.2. The molecule has 1 aromatic carbocycles. The molecule has 0 aliphatic rings. The van der Waals surface area contributed by atoms with Gasteiger partial charge in [0.15, 0.2) is 0 Å². The first-order valence-corrected chi connectivity index (χ1v) is 11.2. The molecule has 0 unspecified atom stereocenters. The maximum atomic E-state index is 5.74. The van der Waals surface area contributed by atoms with Gasteiger partial charge in [-0.15, -0.1) is 0 Å². The Morgan fingerprint density at radius 1 is 0.759 bits per heavy atom. The van der Waals surface area contributed by atoms with Gasteiger partial charge in [-0.2, -0.15) is 0 Å². The van der Waals surface area contributed by atoms with Crippen LogP contribution in [-0.4, -0.2) is 41.0 Å². The maximum absolute atomic E-state index is 5.74. The second-order valence-corrected chi connectivity index (χ2v) is 7.65. The van der Waals surface area contributed by atoms with Gasteiger partial charge in [0, 0.05) is 38.4 Å². The average molecular weight is 398 g/mol. The summed E-state index contributed by atoms with van der Waals surface area (Å²) in [5.41, 5.74) is 3.20. The van der Waals surface area contributed by atoms with Crippen molar-refractivity contribution in [3.63, 3.8) is 0 Å². The Balaban J connectivity index is 1.26. The number of para-hydroxylation sites is 1. The van der Waals surface area contributed by atoms with Gasteiger partial charge in [0.05, 0.1) is 23.6 Å². The molecule has 2 aromatic heterocycles. The molecule has 0 fully saturated rings. The van der Waals surface area contributed by atoms with E-state index in [9.17, 15) is 0 Å². The number of ether oxygens (including phenoxy) is 2. The summed E-state index contributed by atoms with van der Waals surface area (Å²) >= 11 is 0. The van der Waals surface area contributed by atoms with E-state index in [1.165, 1.54) is 36.6 Å². The van der Waals surface area contributed by atoms with Crippen molar-refractivity contribution in [3.8, 4) is 0 Å². The van der Waals surface area contributed by atoms with Crippen molar-refractivity contribution in [3.05, 3.63) is 36.8 Å². The monoisotopic (exact) mass is 397 g/mol. The highest BCUT2D eigenvalue weighted by molar-refractivity contribution is 6.01. The highest BCUT2D eigenvalue weighted by Crippen LogP contribution is 2.23. The molecular weight excluding hydrogens is 362 g/mol. The number of pyridine rings is 1. The minimum absolute atomic E-state index is 0.806. The number of nitrogens with zero attached hydrogens (tertiary/aromatic N) is 3. The number of rotatable bonds is 15. The molecule has 0 radical (unpaired) electrons. The van der Waals surface area contributed by atoms with Crippen LogP contribution < -0.4 is 0 Å². The first-order chi connectivity index (χ1) is 14.4. The van der Waals surface area contributed by atoms with Crippen molar-refractivity contribution >= 4 is 21.9 Å². The number of imidazole rings is 1. The summed E-state index contributed by atoms with van der Waals surface area (Å²) in [5, 5.41) is 1.18. The van der Waals surface area contributed by atoms with E-state index >= 15 is 0 Å². The number of aromatic nitrogens is 3. The van der Waals surface area contributed by atoms with E-state index in [1.54, 1.807) is 0 Å². The fraction of sp³-hybridized carbons (Fsp3) is 0.583. The van der Waals surface area contributed by atoms with Crippen LogP contribution >= 0.6 is 0 Å². The van der Waals surface area contributed by atoms with Gasteiger partial charge in [-0.3, -0.25) is 4.98 Å². The van der Waals surface area contributed by atoms with Crippen molar-refractivity contribution in [1.29, 1.82) is 0 Å². The molecule has 0 aliphatic heterocycles. The second-order valence-electron chi connectivity index (χ2n) is 7.65. The number of hydrogen-bond donors (Lipinski definition) is 0. The number of unbranched alkanes of at least 4 members (excludes halogenated alkanes) is 5. The van der Waals surface area contributed by atoms with Gasteiger partial charge in [0.25, 0.3) is 0 Å². The van der Waals surface area contributed by atoms with Gasteiger partial charge < -0.3 is 14.0 Å². The van der Waals surface area contributed by atoms with Gasteiger partial charge in [0.2, 0.25) is 0 Å². The summed E-state index contributed by atoms with van der Waals surface area (Å²) in [6.07, 6.45) is 13.3. The van der Waals surface area contributed by atoms with E-state index in [0.29, 0.717) is 0 Å². The molecule has 3 aromatic rings. The molecule has 0 bridgehead atoms. The van der Waals surface area contributed by atoms with Crippen molar-refractivity contribution in [1.82, 2.24) is 14.5 Å². The van der Waals surface area contributed by atoms with Crippen LogP contribution in [0.25, 0.3) is 21.9 Å². The third-order valence-electron chi connectivity index (χ3n) is 5.26. The fourth-order valence-electron chi connectivity index (χ4n) is 3.63. The molecule has 5 heteroatoms. The van der Waals surface area contributed by atoms with E-state index < -0.39 is 0 Å². The Bertz CT molecular complexity index is 846. The van der Waals surface area contributed by atoms with E-state index in [0.717, 1.165) is 69.7 Å². The Labute approximate surface area is 174 Å². The lowest BCUT2D eigenvalue weighted by Gasteiger charge is -2.07. The number of fused-ring (bicyclic) bond motifs is 3. The maximum Gasteiger partial charge on any atom is 0.107 e. The molecule has 0 spiro atoms. The average Bonchev–Trinajstić information content (AvgIpc) is 3.17. The molecule has 0 atom stereocenters. The first-order valence-electron chi connectivity index (χ1n) is 11.2. The van der Waals surface area contributed by atoms with Crippen molar-refractivity contribution < 1.29 is 9.47 Å². The summed E-state index contributed by atoms with van der Waals surface area (Å²) in [6, 6.07) is 8.28. The minimum Gasteiger partial charge on any atom is -0.381 e. The molecule has 29 heavy (non-hydrogen) atoms. The molecule has 3 rings (SSSR count). The van der Waals surface area contributed by atoms with Gasteiger partial charge in [-0.25, -0.2) is 4.98 Å². The number of aryl methyl sites for hydroxylation is 1. The van der Waals surface area contributed by atoms with E-state index in [1.807, 2.05) is 18.6 Å². The van der Waals surface area contributed by atoms with Crippen LogP contribution in [0.15, 0.2) is 36.8 Å². The molecule has 2 heterocycles. The molecule has 0 N–H and O–H groups in total. The SMILES string of the molecule is CCCCCCOCCCOCCCCCn1cnc2cnc3ccccc3c21. The minimum atomic E-state index is 0.806. The van der Waals surface area contributed by atoms with Gasteiger partial charge in [0.1, 0.15) is 5.52 Å². The van der Waals surface area contributed by atoms with Crippen LogP contribution in [0.3, 0.4) is 0 Å². The smallest absolute Gasteiger partial charge is 0.107 e. The van der Waals surface area contributed by atoms with Crippen LogP contribution in [-0.2, 0) is 16.0 Å². The molecule has 5 nitrogen and oxygen atoms in total.